The van der Waals surface area contributed by atoms with Crippen molar-refractivity contribution in [2.75, 3.05) is 4.31 Å². The highest BCUT2D eigenvalue weighted by Gasteiger charge is 2.52. The van der Waals surface area contributed by atoms with Gasteiger partial charge >= 0.3 is 21.5 Å². The molecule has 0 bridgehead atoms. The minimum atomic E-state index is -5.89. The Labute approximate surface area is 175 Å². The number of hydrogen-bond donors (Lipinski definition) is 0. The van der Waals surface area contributed by atoms with Gasteiger partial charge in [-0.05, 0) is 24.3 Å². The molecule has 12 heteroatoms. The minimum absolute atomic E-state index is 0.107. The first kappa shape index (κ1) is 22.3. The normalized spacial score (nSPS) is 11.9. The van der Waals surface area contributed by atoms with Crippen LogP contribution in [0.25, 0.3) is 11.4 Å². The van der Waals surface area contributed by atoms with E-state index in [1.165, 1.54) is 19.1 Å². The lowest BCUT2D eigenvalue weighted by atomic mass is 10.2. The molecule has 0 saturated heterocycles. The van der Waals surface area contributed by atoms with Gasteiger partial charge < -0.3 is 4.74 Å². The Morgan fingerprint density at radius 2 is 1.68 bits per heavy atom. The van der Waals surface area contributed by atoms with Gasteiger partial charge in [-0.15, -0.1) is 5.10 Å². The van der Waals surface area contributed by atoms with Crippen LogP contribution in [0.5, 0.6) is 11.8 Å². The molecule has 0 spiro atoms. The van der Waals surface area contributed by atoms with Gasteiger partial charge in [-0.1, -0.05) is 42.4 Å². The molecule has 0 N–H and O–H groups in total. The Morgan fingerprint density at radius 3 is 2.23 bits per heavy atom. The summed E-state index contributed by atoms with van der Waals surface area (Å²) >= 11 is 0. The highest BCUT2D eigenvalue weighted by molar-refractivity contribution is 7.94. The maximum absolute atomic E-state index is 13.0. The molecule has 0 atom stereocenters. The zero-order valence-electron chi connectivity index (χ0n) is 16.4. The molecule has 0 unspecified atom stereocenters. The summed E-state index contributed by atoms with van der Waals surface area (Å²) in [6.45, 7) is 1.26. The van der Waals surface area contributed by atoms with Crippen LogP contribution in [0.2, 0.25) is 0 Å². The zero-order chi connectivity index (χ0) is 22.8. The molecule has 0 aliphatic carbocycles. The van der Waals surface area contributed by atoms with Gasteiger partial charge in [0.05, 0.1) is 5.69 Å². The molecule has 8 nitrogen and oxygen atoms in total. The molecule has 0 radical (unpaired) electrons. The van der Waals surface area contributed by atoms with Crippen molar-refractivity contribution in [2.45, 2.75) is 18.9 Å². The lowest BCUT2D eigenvalue weighted by molar-refractivity contribution is -0.117. The van der Waals surface area contributed by atoms with Crippen LogP contribution >= 0.6 is 0 Å². The summed E-state index contributed by atoms with van der Waals surface area (Å²) in [4.78, 5) is 12.0. The van der Waals surface area contributed by atoms with Crippen molar-refractivity contribution in [3.05, 3.63) is 54.6 Å². The molecule has 0 aliphatic rings. The molecular weight excluding hydrogens is 437 g/mol. The molecule has 1 aromatic heterocycles. The van der Waals surface area contributed by atoms with Gasteiger partial charge in [-0.2, -0.15) is 25.9 Å². The Hall–Kier alpha value is -3.41. The van der Waals surface area contributed by atoms with Crippen molar-refractivity contribution < 1.29 is 31.1 Å². The molecule has 0 aliphatic heterocycles. The molecule has 2 aromatic carbocycles. The fourth-order valence-corrected chi connectivity index (χ4v) is 3.66. The zero-order valence-corrected chi connectivity index (χ0v) is 17.2. The van der Waals surface area contributed by atoms with E-state index >= 15 is 0 Å². The Morgan fingerprint density at radius 1 is 1.06 bits per heavy atom. The van der Waals surface area contributed by atoms with Gasteiger partial charge in [0.15, 0.2) is 5.82 Å². The van der Waals surface area contributed by atoms with E-state index in [0.717, 1.165) is 17.7 Å². The topological polar surface area (TPSA) is 94.4 Å². The van der Waals surface area contributed by atoms with Crippen LogP contribution in [0.4, 0.5) is 18.9 Å². The number of anilines is 1. The lowest BCUT2D eigenvalue weighted by Gasteiger charge is -2.23. The molecule has 164 valence electrons. The number of sulfonamides is 1. The number of halogens is 3. The van der Waals surface area contributed by atoms with E-state index < -0.39 is 33.5 Å². The summed E-state index contributed by atoms with van der Waals surface area (Å²) in [6.07, 6.45) is -0.436. The van der Waals surface area contributed by atoms with Crippen LogP contribution < -0.4 is 9.04 Å². The quantitative estimate of drug-likeness (QED) is 0.561. The number of ether oxygens (including phenoxy) is 1. The highest BCUT2D eigenvalue weighted by Crippen LogP contribution is 2.33. The minimum Gasteiger partial charge on any atom is -0.424 e. The van der Waals surface area contributed by atoms with Crippen molar-refractivity contribution in [3.63, 3.8) is 0 Å². The van der Waals surface area contributed by atoms with Crippen molar-refractivity contribution in [1.29, 1.82) is 0 Å². The largest absolute Gasteiger partial charge is 0.517 e. The maximum Gasteiger partial charge on any atom is 0.517 e. The first-order valence-corrected chi connectivity index (χ1v) is 10.4. The molecule has 3 rings (SSSR count). The summed E-state index contributed by atoms with van der Waals surface area (Å²) in [5.74, 6) is -0.526. The molecule has 3 aromatic rings. The Balaban J connectivity index is 1.88. The number of rotatable bonds is 6. The number of carbonyl (C=O) groups excluding carboxylic acids is 1. The SMILES string of the molecule is CCC(=O)N(c1ccc(Oc2nnc(-c3ccccc3)n2C)cc1)S(=O)(=O)C(F)(F)F. The number of hydrogen-bond acceptors (Lipinski definition) is 6. The fourth-order valence-electron chi connectivity index (χ4n) is 2.66. The van der Waals surface area contributed by atoms with Gasteiger partial charge in [0, 0.05) is 19.0 Å². The number of alkyl halides is 3. The van der Waals surface area contributed by atoms with Crippen molar-refractivity contribution in [1.82, 2.24) is 14.8 Å². The smallest absolute Gasteiger partial charge is 0.424 e. The van der Waals surface area contributed by atoms with Crippen molar-refractivity contribution in [2.24, 2.45) is 7.05 Å². The van der Waals surface area contributed by atoms with Gasteiger partial charge in [0.25, 0.3) is 0 Å². The first-order valence-electron chi connectivity index (χ1n) is 8.93. The summed E-state index contributed by atoms with van der Waals surface area (Å²) in [7, 11) is -4.22. The van der Waals surface area contributed by atoms with E-state index in [0.29, 0.717) is 5.82 Å². The van der Waals surface area contributed by atoms with Gasteiger partial charge in [-0.3, -0.25) is 9.36 Å². The monoisotopic (exact) mass is 454 g/mol. The second-order valence-corrected chi connectivity index (χ2v) is 8.07. The summed E-state index contributed by atoms with van der Waals surface area (Å²) in [5, 5.41) is 7.99. The number of nitrogens with zero attached hydrogens (tertiary/aromatic N) is 4. The Bertz CT molecular complexity index is 1180. The fraction of sp³-hybridized carbons (Fsp3) is 0.211. The van der Waals surface area contributed by atoms with E-state index in [2.05, 4.69) is 10.2 Å². The van der Waals surface area contributed by atoms with Crippen molar-refractivity contribution >= 4 is 21.6 Å². The number of carbonyl (C=O) groups is 1. The van der Waals surface area contributed by atoms with E-state index in [1.54, 1.807) is 11.6 Å². The molecule has 31 heavy (non-hydrogen) atoms. The predicted molar refractivity (Wildman–Crippen MR) is 106 cm³/mol. The summed E-state index contributed by atoms with van der Waals surface area (Å²) in [6, 6.07) is 13.8. The average molecular weight is 454 g/mol. The predicted octanol–water partition coefficient (Wildman–Crippen LogP) is 3.87. The molecule has 0 saturated carbocycles. The van der Waals surface area contributed by atoms with Gasteiger partial charge in [0.2, 0.25) is 5.91 Å². The second kappa shape index (κ2) is 8.38. The van der Waals surface area contributed by atoms with Crippen LogP contribution in [0.15, 0.2) is 54.6 Å². The standard InChI is InChI=1S/C19H17F3N4O4S/c1-3-16(27)26(31(28,29)19(20,21)22)14-9-11-15(12-10-14)30-18-24-23-17(25(18)2)13-7-5-4-6-8-13/h4-12H,3H2,1-2H3. The number of amides is 1. The lowest BCUT2D eigenvalue weighted by Crippen LogP contribution is -2.44. The third-order valence-electron chi connectivity index (χ3n) is 4.21. The highest BCUT2D eigenvalue weighted by atomic mass is 32.2. The number of aromatic nitrogens is 3. The van der Waals surface area contributed by atoms with Crippen LogP contribution in [0.1, 0.15) is 13.3 Å². The first-order chi connectivity index (χ1) is 14.6. The Kier molecular flexibility index (Phi) is 6.02. The van der Waals surface area contributed by atoms with Crippen LogP contribution in [-0.2, 0) is 21.9 Å². The maximum atomic E-state index is 13.0. The van der Waals surface area contributed by atoms with E-state index in [1.807, 2.05) is 30.3 Å². The summed E-state index contributed by atoms with van der Waals surface area (Å²) in [5.41, 5.74) is -5.28. The molecular formula is C19H17F3N4O4S. The van der Waals surface area contributed by atoms with Crippen molar-refractivity contribution in [3.8, 4) is 23.1 Å². The average Bonchev–Trinajstić information content (AvgIpc) is 3.09. The number of benzene rings is 2. The van der Waals surface area contributed by atoms with Gasteiger partial charge in [0.1, 0.15) is 5.75 Å². The molecule has 1 amide bonds. The van der Waals surface area contributed by atoms with Crippen LogP contribution in [-0.4, -0.2) is 34.6 Å². The summed E-state index contributed by atoms with van der Waals surface area (Å²) < 4.78 is 69.6. The van der Waals surface area contributed by atoms with Crippen LogP contribution in [0, 0.1) is 0 Å². The van der Waals surface area contributed by atoms with Crippen LogP contribution in [0.3, 0.4) is 0 Å². The third kappa shape index (κ3) is 4.38. The molecule has 1 heterocycles. The van der Waals surface area contributed by atoms with E-state index in [4.69, 9.17) is 4.74 Å². The van der Waals surface area contributed by atoms with E-state index in [9.17, 15) is 26.4 Å². The second-order valence-electron chi connectivity index (χ2n) is 6.29. The van der Waals surface area contributed by atoms with Gasteiger partial charge in [-0.25, -0.2) is 0 Å². The van der Waals surface area contributed by atoms with E-state index in [-0.39, 0.29) is 16.1 Å². The third-order valence-corrected chi connectivity index (χ3v) is 5.69. The molecule has 0 fully saturated rings.